The predicted octanol–water partition coefficient (Wildman–Crippen LogP) is 9.25. The molecule has 6 aromatic rings. The largest absolute Gasteiger partial charge is 0.206 e. The summed E-state index contributed by atoms with van der Waals surface area (Å²) >= 11 is 1.18. The highest BCUT2D eigenvalue weighted by molar-refractivity contribution is 7.00. The predicted molar refractivity (Wildman–Crippen MR) is 149 cm³/mol. The molecular formula is C32H22F2N2S. The Morgan fingerprint density at radius 1 is 0.459 bits per heavy atom. The van der Waals surface area contributed by atoms with Crippen LogP contribution in [0.5, 0.6) is 0 Å². The van der Waals surface area contributed by atoms with Gasteiger partial charge in [-0.05, 0) is 59.4 Å². The highest BCUT2D eigenvalue weighted by Gasteiger charge is 2.15. The maximum absolute atomic E-state index is 14.5. The Bertz CT molecular complexity index is 1620. The topological polar surface area (TPSA) is 25.8 Å². The van der Waals surface area contributed by atoms with Gasteiger partial charge in [-0.25, -0.2) is 8.78 Å². The average molecular weight is 505 g/mol. The standard InChI is InChI=1S/C32H22F2N2S/c1-19-3-13-25(29(33)17-19)21-5-9-23(10-6-21)27-15-16-28(32-31(27)35-37-36-32)24-11-7-22(8-12-24)26-14-4-20(2)18-30(26)34/h3-18H,1-2H3. The van der Waals surface area contributed by atoms with Crippen molar-refractivity contribution in [2.75, 3.05) is 0 Å². The fourth-order valence-electron chi connectivity index (χ4n) is 4.70. The van der Waals surface area contributed by atoms with Crippen LogP contribution in [-0.4, -0.2) is 8.75 Å². The average Bonchev–Trinajstić information content (AvgIpc) is 3.39. The molecule has 5 aromatic carbocycles. The number of fused-ring (bicyclic) bond motifs is 1. The van der Waals surface area contributed by atoms with Crippen molar-refractivity contribution in [2.45, 2.75) is 13.8 Å². The lowest BCUT2D eigenvalue weighted by atomic mass is 9.95. The van der Waals surface area contributed by atoms with Gasteiger partial charge in [0.05, 0.1) is 11.7 Å². The molecule has 0 fully saturated rings. The molecule has 0 N–H and O–H groups in total. The molecule has 37 heavy (non-hydrogen) atoms. The van der Waals surface area contributed by atoms with Crippen molar-refractivity contribution in [1.29, 1.82) is 0 Å². The van der Waals surface area contributed by atoms with E-state index in [0.717, 1.165) is 55.5 Å². The van der Waals surface area contributed by atoms with Crippen LogP contribution in [0.15, 0.2) is 97.1 Å². The quantitative estimate of drug-likeness (QED) is 0.239. The first-order chi connectivity index (χ1) is 18.0. The molecule has 0 aliphatic rings. The summed E-state index contributed by atoms with van der Waals surface area (Å²) < 4.78 is 38.1. The molecule has 2 nitrogen and oxygen atoms in total. The summed E-state index contributed by atoms with van der Waals surface area (Å²) in [5.74, 6) is -0.446. The molecule has 0 bridgehead atoms. The van der Waals surface area contributed by atoms with Crippen LogP contribution < -0.4 is 0 Å². The number of aromatic nitrogens is 2. The van der Waals surface area contributed by atoms with E-state index < -0.39 is 0 Å². The van der Waals surface area contributed by atoms with Crippen LogP contribution in [0.3, 0.4) is 0 Å². The SMILES string of the molecule is Cc1ccc(-c2ccc(-c3ccc(-c4ccc(-c5ccc(C)cc5F)cc4)c4nsnc34)cc2)c(F)c1. The normalized spacial score (nSPS) is 11.2. The lowest BCUT2D eigenvalue weighted by molar-refractivity contribution is 0.629. The van der Waals surface area contributed by atoms with Crippen molar-refractivity contribution in [3.8, 4) is 44.5 Å². The Labute approximate surface area is 218 Å². The van der Waals surface area contributed by atoms with Gasteiger partial charge in [0.15, 0.2) is 0 Å². The van der Waals surface area contributed by atoms with Crippen LogP contribution in [0.2, 0.25) is 0 Å². The van der Waals surface area contributed by atoms with E-state index in [4.69, 9.17) is 0 Å². The Kier molecular flexibility index (Phi) is 5.85. The second-order valence-electron chi connectivity index (χ2n) is 9.24. The molecule has 0 aliphatic carbocycles. The van der Waals surface area contributed by atoms with Crippen molar-refractivity contribution in [3.63, 3.8) is 0 Å². The zero-order chi connectivity index (χ0) is 25.5. The van der Waals surface area contributed by atoms with E-state index in [1.54, 1.807) is 12.1 Å². The number of hydrogen-bond acceptors (Lipinski definition) is 3. The fraction of sp³-hybridized carbons (Fsp3) is 0.0625. The molecule has 0 saturated carbocycles. The first kappa shape index (κ1) is 23.2. The summed E-state index contributed by atoms with van der Waals surface area (Å²) in [4.78, 5) is 0. The third kappa shape index (κ3) is 4.32. The number of nitrogens with zero attached hydrogens (tertiary/aromatic N) is 2. The first-order valence-electron chi connectivity index (χ1n) is 12.0. The second-order valence-corrected chi connectivity index (χ2v) is 9.77. The molecule has 0 aliphatic heterocycles. The van der Waals surface area contributed by atoms with E-state index in [1.165, 1.54) is 11.7 Å². The van der Waals surface area contributed by atoms with Gasteiger partial charge in [-0.15, -0.1) is 0 Å². The highest BCUT2D eigenvalue weighted by atomic mass is 32.1. The first-order valence-corrected chi connectivity index (χ1v) is 12.7. The minimum Gasteiger partial charge on any atom is -0.206 e. The molecular weight excluding hydrogens is 482 g/mol. The summed E-state index contributed by atoms with van der Waals surface area (Å²) in [5, 5.41) is 0. The van der Waals surface area contributed by atoms with Crippen LogP contribution in [-0.2, 0) is 0 Å². The number of rotatable bonds is 4. The van der Waals surface area contributed by atoms with Crippen molar-refractivity contribution >= 4 is 22.8 Å². The number of halogens is 2. The summed E-state index contributed by atoms with van der Waals surface area (Å²) in [5.41, 5.74) is 10.2. The van der Waals surface area contributed by atoms with Crippen molar-refractivity contribution in [2.24, 2.45) is 0 Å². The van der Waals surface area contributed by atoms with E-state index in [1.807, 2.05) is 98.8 Å². The van der Waals surface area contributed by atoms with Gasteiger partial charge in [0.2, 0.25) is 0 Å². The maximum Gasteiger partial charge on any atom is 0.131 e. The number of aryl methyl sites for hydroxylation is 2. The number of benzene rings is 5. The molecule has 1 heterocycles. The van der Waals surface area contributed by atoms with Crippen LogP contribution in [0.4, 0.5) is 8.78 Å². The Morgan fingerprint density at radius 2 is 0.784 bits per heavy atom. The zero-order valence-electron chi connectivity index (χ0n) is 20.3. The Hall–Kier alpha value is -4.22. The van der Waals surface area contributed by atoms with Gasteiger partial charge in [-0.3, -0.25) is 0 Å². The van der Waals surface area contributed by atoms with Gasteiger partial charge in [0, 0.05) is 22.3 Å². The third-order valence-corrected chi connectivity index (χ3v) is 7.21. The molecule has 0 atom stereocenters. The third-order valence-electron chi connectivity index (χ3n) is 6.68. The summed E-state index contributed by atoms with van der Waals surface area (Å²) in [7, 11) is 0. The van der Waals surface area contributed by atoms with Gasteiger partial charge < -0.3 is 0 Å². The van der Waals surface area contributed by atoms with E-state index >= 15 is 0 Å². The summed E-state index contributed by atoms with van der Waals surface area (Å²) in [6.07, 6.45) is 0. The lowest BCUT2D eigenvalue weighted by Crippen LogP contribution is -1.89. The van der Waals surface area contributed by atoms with Crippen LogP contribution >= 0.6 is 11.7 Å². The van der Waals surface area contributed by atoms with Crippen molar-refractivity contribution < 1.29 is 8.78 Å². The van der Waals surface area contributed by atoms with Crippen LogP contribution in [0.1, 0.15) is 11.1 Å². The minimum atomic E-state index is -0.223. The van der Waals surface area contributed by atoms with Crippen molar-refractivity contribution in [1.82, 2.24) is 8.75 Å². The molecule has 0 amide bonds. The zero-order valence-corrected chi connectivity index (χ0v) is 21.1. The Balaban J connectivity index is 1.34. The second kappa shape index (κ2) is 9.34. The summed E-state index contributed by atoms with van der Waals surface area (Å²) in [6, 6.07) is 30.4. The maximum atomic E-state index is 14.5. The molecule has 0 saturated heterocycles. The summed E-state index contributed by atoms with van der Waals surface area (Å²) in [6.45, 7) is 3.76. The minimum absolute atomic E-state index is 0.223. The smallest absolute Gasteiger partial charge is 0.131 e. The van der Waals surface area contributed by atoms with Gasteiger partial charge in [-0.2, -0.15) is 8.75 Å². The van der Waals surface area contributed by atoms with Gasteiger partial charge in [0.1, 0.15) is 22.7 Å². The van der Waals surface area contributed by atoms with Crippen LogP contribution in [0.25, 0.3) is 55.5 Å². The van der Waals surface area contributed by atoms with E-state index in [2.05, 4.69) is 8.75 Å². The molecule has 6 rings (SSSR count). The van der Waals surface area contributed by atoms with Gasteiger partial charge in [-0.1, -0.05) is 84.9 Å². The molecule has 0 spiro atoms. The van der Waals surface area contributed by atoms with E-state index in [9.17, 15) is 8.78 Å². The molecule has 0 radical (unpaired) electrons. The van der Waals surface area contributed by atoms with E-state index in [0.29, 0.717) is 11.1 Å². The molecule has 1 aromatic heterocycles. The fourth-order valence-corrected chi connectivity index (χ4v) is 5.27. The molecule has 0 unspecified atom stereocenters. The lowest BCUT2D eigenvalue weighted by Gasteiger charge is -2.10. The monoisotopic (exact) mass is 504 g/mol. The highest BCUT2D eigenvalue weighted by Crippen LogP contribution is 2.36. The van der Waals surface area contributed by atoms with Gasteiger partial charge >= 0.3 is 0 Å². The molecule has 5 heteroatoms. The Morgan fingerprint density at radius 3 is 1.14 bits per heavy atom. The van der Waals surface area contributed by atoms with Crippen LogP contribution in [0, 0.1) is 25.5 Å². The van der Waals surface area contributed by atoms with Crippen molar-refractivity contribution in [3.05, 3.63) is 120 Å². The van der Waals surface area contributed by atoms with E-state index in [-0.39, 0.29) is 11.6 Å². The molecule has 180 valence electrons. The van der Waals surface area contributed by atoms with Gasteiger partial charge in [0.25, 0.3) is 0 Å². The number of hydrogen-bond donors (Lipinski definition) is 0.